The summed E-state index contributed by atoms with van der Waals surface area (Å²) in [6.07, 6.45) is 6.12. The molecule has 0 aliphatic heterocycles. The fraction of sp³-hybridized carbons (Fsp3) is 0.350. The van der Waals surface area contributed by atoms with Crippen LogP contribution in [0.25, 0.3) is 15.9 Å². The Morgan fingerprint density at radius 1 is 1.20 bits per heavy atom. The Morgan fingerprint density at radius 2 is 2.07 bits per heavy atom. The Bertz CT molecular complexity index is 1210. The van der Waals surface area contributed by atoms with Crippen LogP contribution in [0.1, 0.15) is 39.0 Å². The van der Waals surface area contributed by atoms with Gasteiger partial charge in [0.25, 0.3) is 0 Å². The summed E-state index contributed by atoms with van der Waals surface area (Å²) in [6, 6.07) is 9.70. The lowest BCUT2D eigenvalue weighted by atomic mass is 9.98. The molecule has 1 saturated carbocycles. The van der Waals surface area contributed by atoms with Crippen LogP contribution in [0.4, 0.5) is 5.13 Å². The molecule has 3 heterocycles. The molecule has 0 radical (unpaired) electrons. The highest BCUT2D eigenvalue weighted by molar-refractivity contribution is 7.99. The summed E-state index contributed by atoms with van der Waals surface area (Å²) in [5.41, 5.74) is 1.53. The van der Waals surface area contributed by atoms with Crippen LogP contribution in [0.3, 0.4) is 0 Å². The molecule has 5 rings (SSSR count). The Hall–Kier alpha value is -2.72. The van der Waals surface area contributed by atoms with Crippen molar-refractivity contribution >= 4 is 50.0 Å². The van der Waals surface area contributed by atoms with Gasteiger partial charge in [0.2, 0.25) is 16.9 Å². The van der Waals surface area contributed by atoms with Crippen LogP contribution >= 0.6 is 23.1 Å². The van der Waals surface area contributed by atoms with Crippen molar-refractivity contribution in [1.82, 2.24) is 24.8 Å². The summed E-state index contributed by atoms with van der Waals surface area (Å²) in [6.45, 7) is 1.48. The normalized spacial score (nSPS) is 15.0. The smallest absolute Gasteiger partial charge is 0.232 e. The fourth-order valence-corrected chi connectivity index (χ4v) is 5.36. The SMILES string of the molecule is CC(=O)Nc1nc2ccc(Sc3nnc4ccc(OC5CCCCC5)nn34)cc2s1. The first-order valence-corrected chi connectivity index (χ1v) is 11.5. The number of thiazole rings is 1. The number of rotatable bonds is 5. The minimum absolute atomic E-state index is 0.129. The van der Waals surface area contributed by atoms with Crippen LogP contribution in [0.15, 0.2) is 40.4 Å². The van der Waals surface area contributed by atoms with Crippen molar-refractivity contribution in [2.24, 2.45) is 0 Å². The van der Waals surface area contributed by atoms with E-state index in [1.165, 1.54) is 49.3 Å². The molecular weight excluding hydrogens is 420 g/mol. The number of hydrogen-bond donors (Lipinski definition) is 1. The topological polar surface area (TPSA) is 94.3 Å². The van der Waals surface area contributed by atoms with Gasteiger partial charge in [-0.1, -0.05) is 17.8 Å². The van der Waals surface area contributed by atoms with Crippen LogP contribution in [0.5, 0.6) is 5.88 Å². The first-order valence-electron chi connectivity index (χ1n) is 9.89. The van der Waals surface area contributed by atoms with Gasteiger partial charge in [-0.05, 0) is 61.7 Å². The number of nitrogens with one attached hydrogen (secondary N) is 1. The molecule has 1 aliphatic rings. The number of benzene rings is 1. The van der Waals surface area contributed by atoms with Gasteiger partial charge >= 0.3 is 0 Å². The number of aromatic nitrogens is 5. The molecule has 1 aromatic carbocycles. The average Bonchev–Trinajstić information content (AvgIpc) is 3.31. The third-order valence-corrected chi connectivity index (χ3v) is 6.76. The number of carbonyl (C=O) groups is 1. The molecule has 0 bridgehead atoms. The molecule has 1 aliphatic carbocycles. The highest BCUT2D eigenvalue weighted by atomic mass is 32.2. The van der Waals surface area contributed by atoms with E-state index in [0.29, 0.717) is 21.8 Å². The molecule has 1 N–H and O–H groups in total. The van der Waals surface area contributed by atoms with Crippen molar-refractivity contribution in [3.63, 3.8) is 0 Å². The maximum Gasteiger partial charge on any atom is 0.232 e. The number of fused-ring (bicyclic) bond motifs is 2. The van der Waals surface area contributed by atoms with Crippen LogP contribution in [-0.4, -0.2) is 36.8 Å². The van der Waals surface area contributed by atoms with E-state index in [2.05, 4.69) is 25.6 Å². The molecule has 0 spiro atoms. The summed E-state index contributed by atoms with van der Waals surface area (Å²) in [4.78, 5) is 16.7. The molecular formula is C20H20N6O2S2. The summed E-state index contributed by atoms with van der Waals surface area (Å²) in [5.74, 6) is 0.477. The van der Waals surface area contributed by atoms with E-state index in [4.69, 9.17) is 4.74 Å². The van der Waals surface area contributed by atoms with Crippen molar-refractivity contribution < 1.29 is 9.53 Å². The number of amides is 1. The molecule has 3 aromatic heterocycles. The molecule has 4 aromatic rings. The molecule has 8 nitrogen and oxygen atoms in total. The van der Waals surface area contributed by atoms with Crippen molar-refractivity contribution in [1.29, 1.82) is 0 Å². The van der Waals surface area contributed by atoms with Crippen LogP contribution in [0, 0.1) is 0 Å². The van der Waals surface area contributed by atoms with E-state index in [9.17, 15) is 4.79 Å². The van der Waals surface area contributed by atoms with Gasteiger partial charge in [-0.2, -0.15) is 4.52 Å². The monoisotopic (exact) mass is 440 g/mol. The molecule has 10 heteroatoms. The average molecular weight is 441 g/mol. The van der Waals surface area contributed by atoms with Crippen molar-refractivity contribution in [3.05, 3.63) is 30.3 Å². The third kappa shape index (κ3) is 4.10. The zero-order valence-corrected chi connectivity index (χ0v) is 18.0. The van der Waals surface area contributed by atoms with Gasteiger partial charge in [0.1, 0.15) is 6.10 Å². The Morgan fingerprint density at radius 3 is 2.90 bits per heavy atom. The summed E-state index contributed by atoms with van der Waals surface area (Å²) in [7, 11) is 0. The lowest BCUT2D eigenvalue weighted by Crippen LogP contribution is -2.20. The summed E-state index contributed by atoms with van der Waals surface area (Å²) >= 11 is 2.92. The quantitative estimate of drug-likeness (QED) is 0.486. The van der Waals surface area contributed by atoms with Crippen LogP contribution < -0.4 is 10.1 Å². The second kappa shape index (κ2) is 8.19. The number of anilines is 1. The number of ether oxygens (including phenoxy) is 1. The Balaban J connectivity index is 1.38. The van der Waals surface area contributed by atoms with Gasteiger partial charge in [-0.25, -0.2) is 4.98 Å². The summed E-state index contributed by atoms with van der Waals surface area (Å²) < 4.78 is 8.81. The number of hydrogen-bond acceptors (Lipinski definition) is 8. The standard InChI is InChI=1S/C20H20N6O2S2/c1-12(27)21-19-22-15-8-7-14(11-16(15)30-19)29-20-24-23-17-9-10-18(25-26(17)20)28-13-5-3-2-4-6-13/h7-11,13H,2-6H2,1H3,(H,21,22,27). The van der Waals surface area contributed by atoms with Gasteiger partial charge in [-0.3, -0.25) is 4.79 Å². The molecule has 30 heavy (non-hydrogen) atoms. The minimum Gasteiger partial charge on any atom is -0.473 e. The van der Waals surface area contributed by atoms with E-state index < -0.39 is 0 Å². The highest BCUT2D eigenvalue weighted by Crippen LogP contribution is 2.33. The molecule has 0 atom stereocenters. The van der Waals surface area contributed by atoms with Gasteiger partial charge in [-0.15, -0.1) is 15.3 Å². The molecule has 1 fully saturated rings. The van der Waals surface area contributed by atoms with Crippen molar-refractivity contribution in [2.45, 2.75) is 55.2 Å². The van der Waals surface area contributed by atoms with Gasteiger partial charge < -0.3 is 10.1 Å². The van der Waals surface area contributed by atoms with E-state index >= 15 is 0 Å². The van der Waals surface area contributed by atoms with Crippen LogP contribution in [-0.2, 0) is 4.79 Å². The van der Waals surface area contributed by atoms with E-state index in [1.54, 1.807) is 4.52 Å². The third-order valence-electron chi connectivity index (χ3n) is 4.90. The van der Waals surface area contributed by atoms with Crippen molar-refractivity contribution in [2.75, 3.05) is 5.32 Å². The van der Waals surface area contributed by atoms with E-state index in [1.807, 2.05) is 30.3 Å². The zero-order chi connectivity index (χ0) is 20.5. The molecule has 1 amide bonds. The summed E-state index contributed by atoms with van der Waals surface area (Å²) in [5, 5.41) is 17.1. The maximum atomic E-state index is 11.3. The molecule has 0 unspecified atom stereocenters. The molecule has 154 valence electrons. The largest absolute Gasteiger partial charge is 0.473 e. The van der Waals surface area contributed by atoms with Crippen molar-refractivity contribution in [3.8, 4) is 5.88 Å². The predicted octanol–water partition coefficient (Wildman–Crippen LogP) is 4.56. The fourth-order valence-electron chi connectivity index (χ4n) is 3.51. The number of carbonyl (C=O) groups excluding carboxylic acids is 1. The maximum absolute atomic E-state index is 11.3. The first-order chi connectivity index (χ1) is 14.6. The number of nitrogens with zero attached hydrogens (tertiary/aromatic N) is 5. The Labute approximate surface area is 181 Å². The zero-order valence-electron chi connectivity index (χ0n) is 16.4. The highest BCUT2D eigenvalue weighted by Gasteiger charge is 2.17. The van der Waals surface area contributed by atoms with E-state index in [-0.39, 0.29) is 12.0 Å². The Kier molecular flexibility index (Phi) is 5.26. The first kappa shape index (κ1) is 19.3. The second-order valence-corrected chi connectivity index (χ2v) is 9.31. The predicted molar refractivity (Wildman–Crippen MR) is 116 cm³/mol. The van der Waals surface area contributed by atoms with Gasteiger partial charge in [0.15, 0.2) is 10.8 Å². The lowest BCUT2D eigenvalue weighted by Gasteiger charge is -2.22. The van der Waals surface area contributed by atoms with Gasteiger partial charge in [0, 0.05) is 17.9 Å². The molecule has 0 saturated heterocycles. The lowest BCUT2D eigenvalue weighted by molar-refractivity contribution is -0.114. The second-order valence-electron chi connectivity index (χ2n) is 7.23. The van der Waals surface area contributed by atoms with Gasteiger partial charge in [0.05, 0.1) is 10.2 Å². The van der Waals surface area contributed by atoms with E-state index in [0.717, 1.165) is 28.0 Å². The minimum atomic E-state index is -0.129. The van der Waals surface area contributed by atoms with Crippen LogP contribution in [0.2, 0.25) is 0 Å².